The van der Waals surface area contributed by atoms with Gasteiger partial charge in [-0.1, -0.05) is 6.07 Å². The number of hydrogen-bond acceptors (Lipinski definition) is 5. The summed E-state index contributed by atoms with van der Waals surface area (Å²) >= 11 is 0. The molecule has 2 aliphatic rings. The summed E-state index contributed by atoms with van der Waals surface area (Å²) in [6.07, 6.45) is 0. The van der Waals surface area contributed by atoms with E-state index in [4.69, 9.17) is 14.2 Å². The molecule has 2 heterocycles. The van der Waals surface area contributed by atoms with Gasteiger partial charge in [0.1, 0.15) is 6.61 Å². The van der Waals surface area contributed by atoms with Gasteiger partial charge in [0.2, 0.25) is 0 Å². The van der Waals surface area contributed by atoms with E-state index in [1.165, 1.54) is 5.56 Å². The van der Waals surface area contributed by atoms with E-state index in [1.807, 2.05) is 6.07 Å². The number of rotatable bonds is 6. The first-order valence-corrected chi connectivity index (χ1v) is 7.68. The van der Waals surface area contributed by atoms with Crippen LogP contribution >= 0.6 is 0 Å². The van der Waals surface area contributed by atoms with Crippen molar-refractivity contribution in [2.45, 2.75) is 5.92 Å². The molecule has 0 unspecified atom stereocenters. The van der Waals surface area contributed by atoms with E-state index >= 15 is 0 Å². The lowest BCUT2D eigenvalue weighted by Gasteiger charge is -2.28. The zero-order valence-corrected chi connectivity index (χ0v) is 12.6. The Morgan fingerprint density at radius 1 is 1.24 bits per heavy atom. The monoisotopic (exact) mass is 292 g/mol. The van der Waals surface area contributed by atoms with E-state index in [0.717, 1.165) is 57.4 Å². The van der Waals surface area contributed by atoms with Crippen LogP contribution in [0.3, 0.4) is 0 Å². The zero-order chi connectivity index (χ0) is 14.5. The van der Waals surface area contributed by atoms with Crippen LogP contribution in [0, 0.1) is 0 Å². The van der Waals surface area contributed by atoms with Gasteiger partial charge in [-0.2, -0.15) is 0 Å². The number of morpholine rings is 1. The number of methoxy groups -OCH3 is 1. The standard InChI is InChI=1S/C16H24N2O3/c1-19-16-10-13(14-11-17-12-14)2-3-15(16)21-9-6-18-4-7-20-8-5-18/h2-3,10,14,17H,4-9,11-12H2,1H3. The summed E-state index contributed by atoms with van der Waals surface area (Å²) in [5.41, 5.74) is 1.33. The molecule has 0 saturated carbocycles. The lowest BCUT2D eigenvalue weighted by molar-refractivity contribution is 0.0321. The first-order valence-electron chi connectivity index (χ1n) is 7.68. The number of ether oxygens (including phenoxy) is 3. The van der Waals surface area contributed by atoms with Crippen molar-refractivity contribution in [1.29, 1.82) is 0 Å². The first-order chi connectivity index (χ1) is 10.4. The molecule has 1 aromatic carbocycles. The van der Waals surface area contributed by atoms with Crippen LogP contribution in [0.4, 0.5) is 0 Å². The molecule has 0 spiro atoms. The minimum Gasteiger partial charge on any atom is -0.493 e. The van der Waals surface area contributed by atoms with Gasteiger partial charge in [-0.25, -0.2) is 0 Å². The zero-order valence-electron chi connectivity index (χ0n) is 12.6. The highest BCUT2D eigenvalue weighted by atomic mass is 16.5. The number of hydrogen-bond donors (Lipinski definition) is 1. The molecule has 0 atom stereocenters. The smallest absolute Gasteiger partial charge is 0.161 e. The second-order valence-electron chi connectivity index (χ2n) is 5.57. The Balaban J connectivity index is 1.54. The molecule has 3 rings (SSSR count). The van der Waals surface area contributed by atoms with E-state index < -0.39 is 0 Å². The van der Waals surface area contributed by atoms with Crippen LogP contribution in [0.25, 0.3) is 0 Å². The third-order valence-electron chi connectivity index (χ3n) is 4.21. The van der Waals surface area contributed by atoms with Crippen molar-refractivity contribution >= 4 is 0 Å². The fourth-order valence-electron chi connectivity index (χ4n) is 2.69. The average molecular weight is 292 g/mol. The Bertz CT molecular complexity index is 457. The van der Waals surface area contributed by atoms with Crippen molar-refractivity contribution < 1.29 is 14.2 Å². The van der Waals surface area contributed by atoms with E-state index in [2.05, 4.69) is 22.3 Å². The van der Waals surface area contributed by atoms with Crippen LogP contribution in [0.1, 0.15) is 11.5 Å². The molecule has 21 heavy (non-hydrogen) atoms. The van der Waals surface area contributed by atoms with Crippen LogP contribution in [-0.2, 0) is 4.74 Å². The quantitative estimate of drug-likeness (QED) is 0.850. The fraction of sp³-hybridized carbons (Fsp3) is 0.625. The SMILES string of the molecule is COc1cc(C2CNC2)ccc1OCCN1CCOCC1. The van der Waals surface area contributed by atoms with Gasteiger partial charge in [0.25, 0.3) is 0 Å². The average Bonchev–Trinajstić information content (AvgIpc) is 2.48. The predicted octanol–water partition coefficient (Wildman–Crippen LogP) is 1.09. The van der Waals surface area contributed by atoms with Gasteiger partial charge in [0.05, 0.1) is 20.3 Å². The molecule has 0 aliphatic carbocycles. The van der Waals surface area contributed by atoms with Crippen LogP contribution in [-0.4, -0.2) is 64.6 Å². The normalized spacial score (nSPS) is 20.0. The molecule has 5 heteroatoms. The van der Waals surface area contributed by atoms with Crippen molar-refractivity contribution in [2.75, 3.05) is 59.7 Å². The van der Waals surface area contributed by atoms with E-state index in [-0.39, 0.29) is 0 Å². The van der Waals surface area contributed by atoms with E-state index in [1.54, 1.807) is 7.11 Å². The molecule has 2 aliphatic heterocycles. The second kappa shape index (κ2) is 7.11. The van der Waals surface area contributed by atoms with Crippen LogP contribution < -0.4 is 14.8 Å². The first kappa shape index (κ1) is 14.6. The molecule has 1 N–H and O–H groups in total. The van der Waals surface area contributed by atoms with Crippen molar-refractivity contribution in [3.8, 4) is 11.5 Å². The topological polar surface area (TPSA) is 43.0 Å². The Hall–Kier alpha value is -1.30. The molecule has 2 fully saturated rings. The summed E-state index contributed by atoms with van der Waals surface area (Å²) in [4.78, 5) is 2.37. The van der Waals surface area contributed by atoms with Crippen molar-refractivity contribution in [2.24, 2.45) is 0 Å². The molecule has 2 saturated heterocycles. The largest absolute Gasteiger partial charge is 0.493 e. The maximum Gasteiger partial charge on any atom is 0.161 e. The lowest BCUT2D eigenvalue weighted by atomic mass is 9.93. The molecule has 1 aromatic rings. The summed E-state index contributed by atoms with van der Waals surface area (Å²) in [5, 5.41) is 3.29. The lowest BCUT2D eigenvalue weighted by Crippen LogP contribution is -2.39. The summed E-state index contributed by atoms with van der Waals surface area (Å²) in [6.45, 7) is 7.37. The molecule has 0 radical (unpaired) electrons. The van der Waals surface area contributed by atoms with Crippen molar-refractivity contribution in [1.82, 2.24) is 10.2 Å². The molecule has 116 valence electrons. The Morgan fingerprint density at radius 2 is 2.05 bits per heavy atom. The van der Waals surface area contributed by atoms with Gasteiger partial charge >= 0.3 is 0 Å². The van der Waals surface area contributed by atoms with Gasteiger partial charge in [-0.3, -0.25) is 4.90 Å². The summed E-state index contributed by atoms with van der Waals surface area (Å²) < 4.78 is 16.7. The third kappa shape index (κ3) is 3.67. The second-order valence-corrected chi connectivity index (χ2v) is 5.57. The highest BCUT2D eigenvalue weighted by Gasteiger charge is 2.20. The van der Waals surface area contributed by atoms with Crippen LogP contribution in [0.2, 0.25) is 0 Å². The van der Waals surface area contributed by atoms with Gasteiger partial charge in [0, 0.05) is 38.6 Å². The maximum atomic E-state index is 5.89. The number of nitrogens with zero attached hydrogens (tertiary/aromatic N) is 1. The Labute approximate surface area is 126 Å². The predicted molar refractivity (Wildman–Crippen MR) is 81.4 cm³/mol. The van der Waals surface area contributed by atoms with Crippen LogP contribution in [0.15, 0.2) is 18.2 Å². The van der Waals surface area contributed by atoms with Gasteiger partial charge in [-0.05, 0) is 17.7 Å². The van der Waals surface area contributed by atoms with Gasteiger partial charge in [-0.15, -0.1) is 0 Å². The molecule has 0 bridgehead atoms. The Kier molecular flexibility index (Phi) is 4.95. The summed E-state index contributed by atoms with van der Waals surface area (Å²) in [6, 6.07) is 6.29. The fourth-order valence-corrected chi connectivity index (χ4v) is 2.69. The highest BCUT2D eigenvalue weighted by molar-refractivity contribution is 5.44. The Morgan fingerprint density at radius 3 is 2.71 bits per heavy atom. The van der Waals surface area contributed by atoms with Gasteiger partial charge < -0.3 is 19.5 Å². The molecule has 0 amide bonds. The molecular formula is C16H24N2O3. The minimum atomic E-state index is 0.612. The highest BCUT2D eigenvalue weighted by Crippen LogP contribution is 2.32. The van der Waals surface area contributed by atoms with Crippen molar-refractivity contribution in [3.63, 3.8) is 0 Å². The van der Waals surface area contributed by atoms with Crippen molar-refractivity contribution in [3.05, 3.63) is 23.8 Å². The molecule has 5 nitrogen and oxygen atoms in total. The molecular weight excluding hydrogens is 268 g/mol. The number of benzene rings is 1. The van der Waals surface area contributed by atoms with E-state index in [0.29, 0.717) is 12.5 Å². The van der Waals surface area contributed by atoms with E-state index in [9.17, 15) is 0 Å². The molecule has 0 aromatic heterocycles. The third-order valence-corrected chi connectivity index (χ3v) is 4.21. The minimum absolute atomic E-state index is 0.612. The summed E-state index contributed by atoms with van der Waals surface area (Å²) in [5.74, 6) is 2.28. The number of nitrogens with one attached hydrogen (secondary N) is 1. The summed E-state index contributed by atoms with van der Waals surface area (Å²) in [7, 11) is 1.70. The van der Waals surface area contributed by atoms with Crippen LogP contribution in [0.5, 0.6) is 11.5 Å². The maximum absolute atomic E-state index is 5.89. The van der Waals surface area contributed by atoms with Gasteiger partial charge in [0.15, 0.2) is 11.5 Å².